The van der Waals surface area contributed by atoms with Crippen molar-refractivity contribution in [2.24, 2.45) is 5.92 Å². The first-order valence-corrected chi connectivity index (χ1v) is 7.03. The average Bonchev–Trinajstić information content (AvgIpc) is 2.46. The van der Waals surface area contributed by atoms with Gasteiger partial charge in [-0.15, -0.1) is 0 Å². The minimum Gasteiger partial charge on any atom is -0.393 e. The highest BCUT2D eigenvalue weighted by molar-refractivity contribution is 5.95. The fourth-order valence-electron chi connectivity index (χ4n) is 2.68. The zero-order chi connectivity index (χ0) is 13.8. The number of rotatable bonds is 3. The van der Waals surface area contributed by atoms with Crippen LogP contribution >= 0.6 is 0 Å². The molecule has 1 aliphatic rings. The molecule has 4 heteroatoms. The van der Waals surface area contributed by atoms with Crippen LogP contribution in [0.25, 0.3) is 0 Å². The first-order chi connectivity index (χ1) is 9.13. The molecule has 0 saturated carbocycles. The van der Waals surface area contributed by atoms with Crippen LogP contribution < -0.4 is 0 Å². The smallest absolute Gasteiger partial charge is 0.254 e. The van der Waals surface area contributed by atoms with Crippen LogP contribution in [0.3, 0.4) is 0 Å². The number of aromatic nitrogens is 1. The van der Waals surface area contributed by atoms with Gasteiger partial charge in [-0.05, 0) is 37.8 Å². The first kappa shape index (κ1) is 14.0. The first-order valence-electron chi connectivity index (χ1n) is 7.03. The molecule has 104 valence electrons. The van der Waals surface area contributed by atoms with Crippen LogP contribution in [0, 0.1) is 5.92 Å². The van der Waals surface area contributed by atoms with Gasteiger partial charge in [-0.1, -0.05) is 6.92 Å². The van der Waals surface area contributed by atoms with Gasteiger partial charge >= 0.3 is 0 Å². The lowest BCUT2D eigenvalue weighted by Gasteiger charge is -2.34. The molecule has 0 aliphatic carbocycles. The van der Waals surface area contributed by atoms with E-state index in [0.29, 0.717) is 6.54 Å². The van der Waals surface area contributed by atoms with E-state index >= 15 is 0 Å². The van der Waals surface area contributed by atoms with E-state index < -0.39 is 0 Å². The summed E-state index contributed by atoms with van der Waals surface area (Å²) in [6.45, 7) is 5.28. The summed E-state index contributed by atoms with van der Waals surface area (Å²) in [4.78, 5) is 18.5. The Kier molecular flexibility index (Phi) is 4.53. The second-order valence-electron chi connectivity index (χ2n) is 5.28. The molecule has 4 nitrogen and oxygen atoms in total. The van der Waals surface area contributed by atoms with E-state index in [1.807, 2.05) is 18.7 Å². The number of likely N-dealkylation sites (tertiary alicyclic amines) is 1. The molecule has 19 heavy (non-hydrogen) atoms. The number of aliphatic hydroxyl groups excluding tert-OH is 1. The number of piperidine rings is 1. The summed E-state index contributed by atoms with van der Waals surface area (Å²) in [5, 5.41) is 9.70. The van der Waals surface area contributed by atoms with Gasteiger partial charge in [0.25, 0.3) is 5.91 Å². The number of pyridine rings is 1. The number of nitrogens with zero attached hydrogens (tertiary/aromatic N) is 2. The monoisotopic (exact) mass is 262 g/mol. The lowest BCUT2D eigenvalue weighted by atomic mass is 9.92. The Morgan fingerprint density at radius 1 is 1.63 bits per heavy atom. The van der Waals surface area contributed by atoms with Crippen LogP contribution in [0.4, 0.5) is 0 Å². The van der Waals surface area contributed by atoms with Gasteiger partial charge in [0.05, 0.1) is 6.10 Å². The van der Waals surface area contributed by atoms with E-state index in [0.717, 1.165) is 36.9 Å². The maximum Gasteiger partial charge on any atom is 0.254 e. The number of hydrogen-bond donors (Lipinski definition) is 1. The standard InChI is InChI=1S/C15H22N2O2/c1-3-12-9-16-7-6-14(12)15(19)17-8-4-5-13(10-17)11(2)18/h6-7,9,11,13,18H,3-5,8,10H2,1-2H3. The largest absolute Gasteiger partial charge is 0.393 e. The summed E-state index contributed by atoms with van der Waals surface area (Å²) in [5.74, 6) is 0.272. The molecule has 2 heterocycles. The van der Waals surface area contributed by atoms with Crippen LogP contribution in [0.5, 0.6) is 0 Å². The van der Waals surface area contributed by atoms with E-state index in [9.17, 15) is 9.90 Å². The van der Waals surface area contributed by atoms with Gasteiger partial charge in [-0.2, -0.15) is 0 Å². The van der Waals surface area contributed by atoms with Gasteiger partial charge in [0, 0.05) is 37.0 Å². The second kappa shape index (κ2) is 6.15. The van der Waals surface area contributed by atoms with Crippen LogP contribution in [0.1, 0.15) is 42.6 Å². The molecular formula is C15H22N2O2. The molecule has 0 radical (unpaired) electrons. The molecule has 0 aromatic carbocycles. The number of carbonyl (C=O) groups excluding carboxylic acids is 1. The van der Waals surface area contributed by atoms with Crippen LogP contribution in [0.2, 0.25) is 0 Å². The molecule has 1 amide bonds. The zero-order valence-corrected chi connectivity index (χ0v) is 11.7. The summed E-state index contributed by atoms with van der Waals surface area (Å²) in [7, 11) is 0. The van der Waals surface area contributed by atoms with Crippen LogP contribution in [-0.4, -0.2) is 40.1 Å². The van der Waals surface area contributed by atoms with Gasteiger partial charge < -0.3 is 10.0 Å². The number of hydrogen-bond acceptors (Lipinski definition) is 3. The number of aliphatic hydroxyl groups is 1. The molecule has 2 unspecified atom stereocenters. The zero-order valence-electron chi connectivity index (χ0n) is 11.7. The fraction of sp³-hybridized carbons (Fsp3) is 0.600. The lowest BCUT2D eigenvalue weighted by molar-refractivity contribution is 0.0465. The van der Waals surface area contributed by atoms with E-state index in [4.69, 9.17) is 0 Å². The van der Waals surface area contributed by atoms with E-state index in [1.54, 1.807) is 18.5 Å². The minimum atomic E-state index is -0.348. The van der Waals surface area contributed by atoms with Gasteiger partial charge in [-0.3, -0.25) is 9.78 Å². The quantitative estimate of drug-likeness (QED) is 0.905. The Morgan fingerprint density at radius 2 is 2.42 bits per heavy atom. The molecule has 1 N–H and O–H groups in total. The number of aryl methyl sites for hydroxylation is 1. The molecule has 1 saturated heterocycles. The van der Waals surface area contributed by atoms with E-state index in [-0.39, 0.29) is 17.9 Å². The lowest BCUT2D eigenvalue weighted by Crippen LogP contribution is -2.43. The fourth-order valence-corrected chi connectivity index (χ4v) is 2.68. The van der Waals surface area contributed by atoms with Crippen LogP contribution in [0.15, 0.2) is 18.5 Å². The summed E-state index contributed by atoms with van der Waals surface area (Å²) < 4.78 is 0. The van der Waals surface area contributed by atoms with E-state index in [1.165, 1.54) is 0 Å². The number of carbonyl (C=O) groups is 1. The van der Waals surface area contributed by atoms with Crippen LogP contribution in [-0.2, 0) is 6.42 Å². The highest BCUT2D eigenvalue weighted by atomic mass is 16.3. The summed E-state index contributed by atoms with van der Waals surface area (Å²) in [5.41, 5.74) is 1.75. The van der Waals surface area contributed by atoms with Crippen molar-refractivity contribution in [3.8, 4) is 0 Å². The Hall–Kier alpha value is -1.42. The van der Waals surface area contributed by atoms with Crippen molar-refractivity contribution in [2.45, 2.75) is 39.2 Å². The van der Waals surface area contributed by atoms with Gasteiger partial charge in [0.15, 0.2) is 0 Å². The average molecular weight is 262 g/mol. The van der Waals surface area contributed by atoms with E-state index in [2.05, 4.69) is 4.98 Å². The van der Waals surface area contributed by atoms with Crippen molar-refractivity contribution in [1.82, 2.24) is 9.88 Å². The second-order valence-corrected chi connectivity index (χ2v) is 5.28. The third kappa shape index (κ3) is 3.13. The predicted molar refractivity (Wildman–Crippen MR) is 73.9 cm³/mol. The molecule has 1 aliphatic heterocycles. The van der Waals surface area contributed by atoms with Gasteiger partial charge in [-0.25, -0.2) is 0 Å². The van der Waals surface area contributed by atoms with Crippen molar-refractivity contribution in [3.05, 3.63) is 29.6 Å². The summed E-state index contributed by atoms with van der Waals surface area (Å²) in [6, 6.07) is 1.80. The highest BCUT2D eigenvalue weighted by Gasteiger charge is 2.27. The third-order valence-corrected chi connectivity index (χ3v) is 3.94. The van der Waals surface area contributed by atoms with Crippen molar-refractivity contribution in [1.29, 1.82) is 0 Å². The Balaban J connectivity index is 2.15. The van der Waals surface area contributed by atoms with Crippen molar-refractivity contribution >= 4 is 5.91 Å². The Bertz CT molecular complexity index is 446. The predicted octanol–water partition coefficient (Wildman–Crippen LogP) is 1.88. The molecule has 0 bridgehead atoms. The maximum atomic E-state index is 12.6. The molecular weight excluding hydrogens is 240 g/mol. The van der Waals surface area contributed by atoms with Crippen molar-refractivity contribution in [3.63, 3.8) is 0 Å². The number of amides is 1. The maximum absolute atomic E-state index is 12.6. The SMILES string of the molecule is CCc1cnccc1C(=O)N1CCCC(C(C)O)C1. The molecule has 1 aromatic rings. The highest BCUT2D eigenvalue weighted by Crippen LogP contribution is 2.22. The molecule has 1 fully saturated rings. The molecule has 0 spiro atoms. The Labute approximate surface area is 114 Å². The topological polar surface area (TPSA) is 53.4 Å². The van der Waals surface area contributed by atoms with Gasteiger partial charge in [0.2, 0.25) is 0 Å². The summed E-state index contributed by atoms with van der Waals surface area (Å²) >= 11 is 0. The molecule has 1 aromatic heterocycles. The van der Waals surface area contributed by atoms with Gasteiger partial charge in [0.1, 0.15) is 0 Å². The molecule has 2 rings (SSSR count). The van der Waals surface area contributed by atoms with Crippen molar-refractivity contribution in [2.75, 3.05) is 13.1 Å². The minimum absolute atomic E-state index is 0.0737. The summed E-state index contributed by atoms with van der Waals surface area (Å²) in [6.07, 6.45) is 5.86. The normalized spacial score (nSPS) is 21.2. The van der Waals surface area contributed by atoms with Crippen molar-refractivity contribution < 1.29 is 9.90 Å². The third-order valence-electron chi connectivity index (χ3n) is 3.94. The molecule has 2 atom stereocenters. The Morgan fingerprint density at radius 3 is 3.11 bits per heavy atom.